The average Bonchev–Trinajstić information content (AvgIpc) is 2.14. The summed E-state index contributed by atoms with van der Waals surface area (Å²) in [5.41, 5.74) is 1.88. The van der Waals surface area contributed by atoms with Crippen molar-refractivity contribution in [3.05, 3.63) is 35.4 Å². The van der Waals surface area contributed by atoms with Gasteiger partial charge in [-0.2, -0.15) is 0 Å². The normalized spacial score (nSPS) is 9.86. The van der Waals surface area contributed by atoms with E-state index in [1.54, 1.807) is 0 Å². The van der Waals surface area contributed by atoms with E-state index in [0.29, 0.717) is 0 Å². The monoisotopic (exact) mass is 244 g/mol. The van der Waals surface area contributed by atoms with Crippen molar-refractivity contribution in [2.24, 2.45) is 0 Å². The molecule has 1 aromatic carbocycles. The van der Waals surface area contributed by atoms with Gasteiger partial charge in [-0.25, -0.2) is 0 Å². The van der Waals surface area contributed by atoms with Crippen molar-refractivity contribution in [3.63, 3.8) is 0 Å². The van der Waals surface area contributed by atoms with Crippen LogP contribution in [0.15, 0.2) is 24.3 Å². The Morgan fingerprint density at radius 2 is 1.64 bits per heavy atom. The number of hydrogen-bond donors (Lipinski definition) is 0. The Bertz CT molecular complexity index is 419. The number of terminal acetylenes is 1. The van der Waals surface area contributed by atoms with Crippen LogP contribution < -0.4 is 0 Å². The zero-order chi connectivity index (χ0) is 10.6. The zero-order valence-corrected chi connectivity index (χ0v) is 11.0. The average molecular weight is 243 g/mol. The summed E-state index contributed by atoms with van der Waals surface area (Å²) in [6.07, 6.45) is 5.39. The van der Waals surface area contributed by atoms with Crippen LogP contribution in [0.25, 0.3) is 0 Å². The van der Waals surface area contributed by atoms with E-state index >= 15 is 0 Å². The minimum absolute atomic E-state index is 0.895. The van der Waals surface area contributed by atoms with Gasteiger partial charge in [0.05, 0.1) is 0 Å². The van der Waals surface area contributed by atoms with Gasteiger partial charge in [-0.05, 0) is 0 Å². The number of rotatable bonds is 0. The van der Waals surface area contributed by atoms with Gasteiger partial charge in [0, 0.05) is 0 Å². The van der Waals surface area contributed by atoms with Crippen molar-refractivity contribution in [2.75, 3.05) is 0 Å². The standard InChI is InChI=1S/C13H14Ge/c1-5-12-8-6-7-9-13(12)10-11-14(2,3)4/h1,6-9H,2-4H3. The van der Waals surface area contributed by atoms with Crippen LogP contribution in [0.1, 0.15) is 11.1 Å². The molecule has 0 aliphatic carbocycles. The molecule has 0 fully saturated rings. The van der Waals surface area contributed by atoms with Crippen molar-refractivity contribution in [1.29, 1.82) is 0 Å². The first-order valence-corrected chi connectivity index (χ1v) is 12.0. The van der Waals surface area contributed by atoms with Crippen LogP contribution >= 0.6 is 0 Å². The molecular formula is C13H14Ge. The second-order valence-electron chi connectivity index (χ2n) is 4.19. The number of hydrogen-bond acceptors (Lipinski definition) is 0. The van der Waals surface area contributed by atoms with Gasteiger partial charge in [0.1, 0.15) is 0 Å². The fourth-order valence-corrected chi connectivity index (χ4v) is 2.04. The summed E-state index contributed by atoms with van der Waals surface area (Å²) in [6, 6.07) is 7.83. The summed E-state index contributed by atoms with van der Waals surface area (Å²) in [7, 11) is 0. The van der Waals surface area contributed by atoms with Crippen LogP contribution in [0.2, 0.25) is 17.3 Å². The van der Waals surface area contributed by atoms with Crippen LogP contribution in [-0.2, 0) is 0 Å². The quantitative estimate of drug-likeness (QED) is 0.485. The second kappa shape index (κ2) is 4.40. The van der Waals surface area contributed by atoms with E-state index in [1.807, 2.05) is 24.3 Å². The molecule has 0 aliphatic rings. The molecule has 0 spiro atoms. The topological polar surface area (TPSA) is 0 Å². The Kier molecular flexibility index (Phi) is 3.45. The van der Waals surface area contributed by atoms with Crippen LogP contribution in [0, 0.1) is 23.0 Å². The molecule has 1 heteroatoms. The summed E-state index contributed by atoms with van der Waals surface area (Å²) < 4.78 is 3.35. The molecule has 0 bridgehead atoms. The minimum atomic E-state index is -1.77. The van der Waals surface area contributed by atoms with E-state index in [4.69, 9.17) is 6.42 Å². The molecule has 0 atom stereocenters. The first kappa shape index (κ1) is 11.0. The third-order valence-corrected chi connectivity index (χ3v) is 3.49. The molecule has 0 aromatic heterocycles. The number of benzene rings is 1. The van der Waals surface area contributed by atoms with Gasteiger partial charge in [-0.3, -0.25) is 0 Å². The molecule has 0 saturated heterocycles. The van der Waals surface area contributed by atoms with Crippen LogP contribution in [0.3, 0.4) is 0 Å². The first-order valence-electron chi connectivity index (χ1n) is 4.62. The Morgan fingerprint density at radius 1 is 1.07 bits per heavy atom. The summed E-state index contributed by atoms with van der Waals surface area (Å²) in [5, 5.41) is 0. The van der Waals surface area contributed by atoms with Gasteiger partial charge in [0.15, 0.2) is 0 Å². The third-order valence-electron chi connectivity index (χ3n) is 1.65. The van der Waals surface area contributed by atoms with Crippen molar-refractivity contribution in [3.8, 4) is 23.0 Å². The summed E-state index contributed by atoms with van der Waals surface area (Å²) >= 11 is -1.77. The van der Waals surface area contributed by atoms with Gasteiger partial charge < -0.3 is 0 Å². The molecule has 0 heterocycles. The van der Waals surface area contributed by atoms with E-state index in [1.165, 1.54) is 0 Å². The zero-order valence-electron chi connectivity index (χ0n) is 8.89. The van der Waals surface area contributed by atoms with Crippen molar-refractivity contribution < 1.29 is 0 Å². The van der Waals surface area contributed by atoms with Crippen LogP contribution in [-0.4, -0.2) is 13.3 Å². The van der Waals surface area contributed by atoms with Crippen LogP contribution in [0.4, 0.5) is 0 Å². The Morgan fingerprint density at radius 3 is 2.14 bits per heavy atom. The van der Waals surface area contributed by atoms with E-state index in [2.05, 4.69) is 33.9 Å². The van der Waals surface area contributed by atoms with E-state index in [0.717, 1.165) is 11.1 Å². The Balaban J connectivity index is 3.08. The Labute approximate surface area is 89.1 Å². The first-order chi connectivity index (χ1) is 6.53. The predicted octanol–water partition coefficient (Wildman–Crippen LogP) is 2.90. The van der Waals surface area contributed by atoms with Gasteiger partial charge in [0.2, 0.25) is 0 Å². The summed E-state index contributed by atoms with van der Waals surface area (Å²) in [4.78, 5) is 0. The van der Waals surface area contributed by atoms with E-state index in [9.17, 15) is 0 Å². The molecule has 0 amide bonds. The second-order valence-corrected chi connectivity index (χ2v) is 14.2. The molecule has 0 N–H and O–H groups in total. The van der Waals surface area contributed by atoms with Gasteiger partial charge in [0.25, 0.3) is 0 Å². The van der Waals surface area contributed by atoms with Gasteiger partial charge in [-0.1, -0.05) is 0 Å². The maximum absolute atomic E-state index is 5.39. The molecule has 1 aromatic rings. The van der Waals surface area contributed by atoms with Crippen molar-refractivity contribution in [1.82, 2.24) is 0 Å². The molecule has 70 valence electrons. The van der Waals surface area contributed by atoms with Crippen molar-refractivity contribution >= 4 is 13.3 Å². The fourth-order valence-electron chi connectivity index (χ4n) is 0.973. The molecule has 0 nitrogen and oxygen atoms in total. The molecule has 0 aliphatic heterocycles. The van der Waals surface area contributed by atoms with Gasteiger partial charge >= 0.3 is 88.9 Å². The maximum atomic E-state index is 5.39. The predicted molar refractivity (Wildman–Crippen MR) is 64.6 cm³/mol. The van der Waals surface area contributed by atoms with Gasteiger partial charge in [-0.15, -0.1) is 0 Å². The molecule has 0 saturated carbocycles. The summed E-state index contributed by atoms with van der Waals surface area (Å²) in [6.45, 7) is 0. The molecule has 14 heavy (non-hydrogen) atoms. The summed E-state index contributed by atoms with van der Waals surface area (Å²) in [5.74, 6) is 12.7. The Hall–Kier alpha value is -1.12. The van der Waals surface area contributed by atoms with Crippen LogP contribution in [0.5, 0.6) is 0 Å². The third kappa shape index (κ3) is 3.32. The molecular weight excluding hydrogens is 229 g/mol. The van der Waals surface area contributed by atoms with Crippen molar-refractivity contribution in [2.45, 2.75) is 17.3 Å². The van der Waals surface area contributed by atoms with E-state index in [-0.39, 0.29) is 0 Å². The SMILES string of the molecule is C#Cc1ccccc1C#[C][Ge]([CH3])([CH3])[CH3]. The molecule has 0 radical (unpaired) electrons. The molecule has 0 unspecified atom stereocenters. The fraction of sp³-hybridized carbons (Fsp3) is 0.231. The van der Waals surface area contributed by atoms with E-state index < -0.39 is 13.3 Å². The molecule has 1 rings (SSSR count).